The number of hydrogen-bond donors (Lipinski definition) is 2. The first-order valence-corrected chi connectivity index (χ1v) is 32.3. The molecular formula is C67H69N6O13PSi. The number of rotatable bonds is 23. The second kappa shape index (κ2) is 27.2. The van der Waals surface area contributed by atoms with Crippen LogP contribution in [0.3, 0.4) is 0 Å². The van der Waals surface area contributed by atoms with E-state index in [2.05, 4.69) is 66.4 Å². The molecule has 21 heteroatoms. The SMILES string of the molecule is COc1ccc(C(OC[C@H]2O[C@@H](n3ccc(NC(=O)c4ccccc4)nc3=O)C[C@@H]2OP(=O)(/C=C/[C@H]2O[C@@H](n3cc(C)c(=O)[nH]c3=O)C[C@@H]2O[Si](c2ccccc2)(c2ccccc2)C(C)(C)C)OCCC#N)(c2ccccc2)c2ccc(OC)cc2)cc1. The van der Waals surface area contributed by atoms with Gasteiger partial charge in [0.1, 0.15) is 53.7 Å². The van der Waals surface area contributed by atoms with Gasteiger partial charge in [-0.1, -0.05) is 154 Å². The normalized spacial score (nSPS) is 19.4. The molecule has 2 fully saturated rings. The summed E-state index contributed by atoms with van der Waals surface area (Å²) < 4.78 is 71.3. The summed E-state index contributed by atoms with van der Waals surface area (Å²) in [6.45, 7) is 7.43. The van der Waals surface area contributed by atoms with Gasteiger partial charge in [-0.25, -0.2) is 9.59 Å². The Morgan fingerprint density at radius 3 is 1.85 bits per heavy atom. The van der Waals surface area contributed by atoms with Crippen LogP contribution in [0, 0.1) is 18.3 Å². The van der Waals surface area contributed by atoms with Crippen LogP contribution in [0.5, 0.6) is 11.5 Å². The minimum Gasteiger partial charge on any atom is -0.497 e. The van der Waals surface area contributed by atoms with Crippen molar-refractivity contribution in [1.29, 1.82) is 5.26 Å². The number of amides is 1. The van der Waals surface area contributed by atoms with E-state index < -0.39 is 86.3 Å². The molecule has 1 unspecified atom stereocenters. The summed E-state index contributed by atoms with van der Waals surface area (Å²) in [5.41, 5.74) is -0.554. The largest absolute Gasteiger partial charge is 0.497 e. The molecule has 0 spiro atoms. The second-order valence-electron chi connectivity index (χ2n) is 22.4. The maximum atomic E-state index is 15.9. The number of methoxy groups -OCH3 is 2. The Morgan fingerprint density at radius 2 is 1.30 bits per heavy atom. The number of H-pyrrole nitrogens is 1. The predicted molar refractivity (Wildman–Crippen MR) is 335 cm³/mol. The highest BCUT2D eigenvalue weighted by atomic mass is 31.2. The molecule has 10 rings (SSSR count). The number of benzene rings is 6. The van der Waals surface area contributed by atoms with Crippen LogP contribution in [-0.4, -0.2) is 85.2 Å². The van der Waals surface area contributed by atoms with Crippen molar-refractivity contribution in [2.45, 2.75) is 94.5 Å². The number of nitrogens with one attached hydrogen (secondary N) is 2. The van der Waals surface area contributed by atoms with Crippen molar-refractivity contribution in [2.75, 3.05) is 32.8 Å². The van der Waals surface area contributed by atoms with Gasteiger partial charge in [-0.05, 0) is 87.6 Å². The van der Waals surface area contributed by atoms with E-state index in [0.29, 0.717) is 28.2 Å². The number of nitriles is 1. The number of aromatic nitrogens is 4. The average Bonchev–Trinajstić information content (AvgIpc) is 3.59. The molecule has 19 nitrogen and oxygen atoms in total. The zero-order valence-corrected chi connectivity index (χ0v) is 51.5. The molecule has 4 heterocycles. The number of nitrogens with zero attached hydrogens (tertiary/aromatic N) is 4. The third-order valence-corrected chi connectivity index (χ3v) is 22.5. The summed E-state index contributed by atoms with van der Waals surface area (Å²) in [7, 11) is -4.75. The Morgan fingerprint density at radius 1 is 0.750 bits per heavy atom. The predicted octanol–water partition coefficient (Wildman–Crippen LogP) is 9.92. The fraction of sp³-hybridized carbons (Fsp3) is 0.284. The summed E-state index contributed by atoms with van der Waals surface area (Å²) >= 11 is 0. The van der Waals surface area contributed by atoms with E-state index in [1.807, 2.05) is 115 Å². The standard InChI is InChI=1S/C67H69N6O13PSi/c1-46-44-73(65(77)71-62(46)74)61-43-57(86-88(66(2,3)4,53-24-15-9-16-25-53)54-26-17-10-18-27-54)55(83-61)37-41-87(78,82-40-19-38-68)85-56-42-60(72-39-36-59(70-64(72)76)69-63(75)47-20-11-7-12-21-47)84-58(56)45-81-67(48-22-13-8-14-23-48,49-28-32-51(79-5)33-29-49)50-30-34-52(80-6)35-31-50/h7-18,20-37,39,41,44,55-58,60-61H,19,40,42-43,45H2,1-6H3,(H,71,74,77)(H,69,70,75,76)/b41-37+/t55-,56+,57+,58-,60-,61-,87?/m1/s1. The van der Waals surface area contributed by atoms with Crippen LogP contribution in [0.1, 0.15) is 85.1 Å². The van der Waals surface area contributed by atoms with Crippen LogP contribution >= 0.6 is 7.60 Å². The smallest absolute Gasteiger partial charge is 0.354 e. The lowest BCUT2D eigenvalue weighted by Gasteiger charge is -2.45. The maximum Gasteiger partial charge on any atom is 0.354 e. The fourth-order valence-electron chi connectivity index (χ4n) is 11.4. The van der Waals surface area contributed by atoms with E-state index >= 15 is 4.57 Å². The third-order valence-electron chi connectivity index (χ3n) is 15.8. The highest BCUT2D eigenvalue weighted by Crippen LogP contribution is 2.55. The minimum atomic E-state index is -4.56. The molecule has 0 saturated carbocycles. The van der Waals surface area contributed by atoms with Gasteiger partial charge in [0.15, 0.2) is 0 Å². The average molecular weight is 1230 g/mol. The number of carbonyl (C=O) groups is 1. The monoisotopic (exact) mass is 1220 g/mol. The lowest BCUT2D eigenvalue weighted by molar-refractivity contribution is -0.0923. The Hall–Kier alpha value is -8.61. The molecule has 7 atom stereocenters. The topological polar surface area (TPSA) is 234 Å². The van der Waals surface area contributed by atoms with Crippen LogP contribution in [0.2, 0.25) is 5.04 Å². The zero-order chi connectivity index (χ0) is 62.1. The number of hydrogen-bond acceptors (Lipinski definition) is 15. The molecule has 454 valence electrons. The molecule has 2 aliphatic heterocycles. The van der Waals surface area contributed by atoms with E-state index in [1.165, 1.54) is 33.4 Å². The van der Waals surface area contributed by atoms with Crippen molar-refractivity contribution in [1.82, 2.24) is 19.1 Å². The summed E-state index contributed by atoms with van der Waals surface area (Å²) in [5, 5.41) is 13.9. The molecule has 8 aromatic rings. The van der Waals surface area contributed by atoms with Gasteiger partial charge in [0.2, 0.25) is 0 Å². The van der Waals surface area contributed by atoms with Gasteiger partial charge in [0.25, 0.3) is 19.8 Å². The van der Waals surface area contributed by atoms with Crippen LogP contribution in [0.15, 0.2) is 215 Å². The second-order valence-corrected chi connectivity index (χ2v) is 28.5. The highest BCUT2D eigenvalue weighted by Gasteiger charge is 2.54. The van der Waals surface area contributed by atoms with Crippen LogP contribution < -0.4 is 42.1 Å². The van der Waals surface area contributed by atoms with Crippen LogP contribution in [0.25, 0.3) is 0 Å². The third kappa shape index (κ3) is 13.4. The first kappa shape index (κ1) is 62.4. The fourth-order valence-corrected chi connectivity index (χ4v) is 17.7. The summed E-state index contributed by atoms with van der Waals surface area (Å²) in [4.78, 5) is 60.3. The van der Waals surface area contributed by atoms with E-state index in [0.717, 1.165) is 15.9 Å². The molecule has 88 heavy (non-hydrogen) atoms. The lowest BCUT2D eigenvalue weighted by atomic mass is 9.80. The summed E-state index contributed by atoms with van der Waals surface area (Å²) in [6.07, 6.45) is -1.92. The van der Waals surface area contributed by atoms with E-state index in [1.54, 1.807) is 57.6 Å². The Kier molecular flexibility index (Phi) is 19.3. The molecule has 2 saturated heterocycles. The number of aromatic amines is 1. The molecule has 1 amide bonds. The number of aryl methyl sites for hydroxylation is 1. The van der Waals surface area contributed by atoms with Crippen molar-refractivity contribution >= 4 is 38.0 Å². The van der Waals surface area contributed by atoms with Crippen molar-refractivity contribution in [2.24, 2.45) is 0 Å². The maximum absolute atomic E-state index is 15.9. The van der Waals surface area contributed by atoms with Crippen LogP contribution in [0.4, 0.5) is 5.82 Å². The summed E-state index contributed by atoms with van der Waals surface area (Å²) in [6, 6.07) is 56.6. The van der Waals surface area contributed by atoms with Gasteiger partial charge in [-0.3, -0.25) is 32.8 Å². The summed E-state index contributed by atoms with van der Waals surface area (Å²) in [5.74, 6) is 2.04. The molecule has 2 aromatic heterocycles. The van der Waals surface area contributed by atoms with Gasteiger partial charge < -0.3 is 38.0 Å². The van der Waals surface area contributed by atoms with Crippen molar-refractivity contribution in [3.8, 4) is 17.6 Å². The number of anilines is 1. The molecule has 2 N–H and O–H groups in total. The van der Waals surface area contributed by atoms with Crippen LogP contribution in [-0.2, 0) is 37.9 Å². The number of ether oxygens (including phenoxy) is 5. The van der Waals surface area contributed by atoms with Gasteiger partial charge in [0, 0.05) is 42.2 Å². The zero-order valence-electron chi connectivity index (χ0n) is 49.6. The lowest BCUT2D eigenvalue weighted by Crippen LogP contribution is -2.68. The molecule has 0 aliphatic carbocycles. The van der Waals surface area contributed by atoms with E-state index in [9.17, 15) is 24.4 Å². The minimum absolute atomic E-state index is 0.00195. The molecule has 2 aliphatic rings. The van der Waals surface area contributed by atoms with Crippen molar-refractivity contribution < 1.29 is 46.5 Å². The van der Waals surface area contributed by atoms with Crippen molar-refractivity contribution in [3.05, 3.63) is 259 Å². The molecular weight excluding hydrogens is 1160 g/mol. The molecule has 0 radical (unpaired) electrons. The first-order chi connectivity index (χ1) is 42.5. The molecule has 0 bridgehead atoms. The Bertz CT molecular complexity index is 3900. The van der Waals surface area contributed by atoms with Gasteiger partial charge in [-0.2, -0.15) is 10.2 Å². The highest BCUT2D eigenvalue weighted by molar-refractivity contribution is 7.57. The van der Waals surface area contributed by atoms with E-state index in [4.69, 9.17) is 37.2 Å². The van der Waals surface area contributed by atoms with Gasteiger partial charge >= 0.3 is 19.0 Å². The van der Waals surface area contributed by atoms with Crippen molar-refractivity contribution in [3.63, 3.8) is 0 Å². The first-order valence-electron chi connectivity index (χ1n) is 28.8. The molecule has 6 aromatic carbocycles. The van der Waals surface area contributed by atoms with E-state index in [-0.39, 0.29) is 43.9 Å². The number of carbonyl (C=O) groups excluding carboxylic acids is 1. The Balaban J connectivity index is 1.06. The van der Waals surface area contributed by atoms with Gasteiger partial charge in [0.05, 0.1) is 46.0 Å². The quantitative estimate of drug-likeness (QED) is 0.0262. The Labute approximate surface area is 510 Å². The van der Waals surface area contributed by atoms with Gasteiger partial charge in [-0.15, -0.1) is 0 Å².